The molecule has 21 heavy (non-hydrogen) atoms. The van der Waals surface area contributed by atoms with Crippen molar-refractivity contribution < 1.29 is 14.6 Å². The Hall–Kier alpha value is -1.75. The van der Waals surface area contributed by atoms with Crippen LogP contribution in [0.4, 0.5) is 0 Å². The molecule has 1 amide bonds. The average molecular weight is 292 g/mol. The first-order chi connectivity index (χ1) is 10.1. The van der Waals surface area contributed by atoms with Crippen LogP contribution in [0.2, 0.25) is 0 Å². The molecule has 1 saturated heterocycles. The highest BCUT2D eigenvalue weighted by Gasteiger charge is 2.25. The van der Waals surface area contributed by atoms with Crippen molar-refractivity contribution in [3.8, 4) is 11.5 Å². The van der Waals surface area contributed by atoms with Crippen LogP contribution in [0.15, 0.2) is 12.1 Å². The molecule has 0 unspecified atom stereocenters. The van der Waals surface area contributed by atoms with Gasteiger partial charge in [0, 0.05) is 12.6 Å². The molecule has 2 rings (SSSR count). The van der Waals surface area contributed by atoms with Gasteiger partial charge in [0.05, 0.1) is 7.11 Å². The van der Waals surface area contributed by atoms with Crippen molar-refractivity contribution in [1.82, 2.24) is 10.2 Å². The molecule has 0 bridgehead atoms. The van der Waals surface area contributed by atoms with Gasteiger partial charge in [0.1, 0.15) is 17.1 Å². The van der Waals surface area contributed by atoms with Crippen LogP contribution in [0.25, 0.3) is 0 Å². The molecule has 1 aromatic carbocycles. The number of hydrogen-bond acceptors (Lipinski definition) is 4. The highest BCUT2D eigenvalue weighted by molar-refractivity contribution is 6.00. The summed E-state index contributed by atoms with van der Waals surface area (Å²) in [5.41, 5.74) is 0.885. The van der Waals surface area contributed by atoms with Gasteiger partial charge in [-0.05, 0) is 44.5 Å². The zero-order chi connectivity index (χ0) is 15.4. The quantitative estimate of drug-likeness (QED) is 0.870. The van der Waals surface area contributed by atoms with E-state index in [1.165, 1.54) is 13.5 Å². The summed E-state index contributed by atoms with van der Waals surface area (Å²) in [6.45, 7) is 6.59. The lowest BCUT2D eigenvalue weighted by Crippen LogP contribution is -2.40. The molecule has 5 nitrogen and oxygen atoms in total. The van der Waals surface area contributed by atoms with Crippen molar-refractivity contribution in [1.29, 1.82) is 0 Å². The minimum atomic E-state index is -0.281. The lowest BCUT2D eigenvalue weighted by molar-refractivity contribution is 0.0935. The fourth-order valence-corrected chi connectivity index (χ4v) is 2.91. The topological polar surface area (TPSA) is 61.8 Å². The van der Waals surface area contributed by atoms with Crippen molar-refractivity contribution in [3.63, 3.8) is 0 Å². The number of methoxy groups -OCH3 is 1. The number of hydrogen-bond donors (Lipinski definition) is 2. The van der Waals surface area contributed by atoms with Crippen molar-refractivity contribution in [2.45, 2.75) is 32.7 Å². The van der Waals surface area contributed by atoms with Crippen LogP contribution in [-0.2, 0) is 0 Å². The Kier molecular flexibility index (Phi) is 5.07. The molecule has 0 spiro atoms. The first-order valence-electron chi connectivity index (χ1n) is 7.47. The van der Waals surface area contributed by atoms with Gasteiger partial charge in [0.15, 0.2) is 0 Å². The molecule has 1 aliphatic rings. The molecule has 0 saturated carbocycles. The molecule has 1 fully saturated rings. The zero-order valence-electron chi connectivity index (χ0n) is 13.0. The normalized spacial score (nSPS) is 18.7. The molecule has 1 aromatic rings. The molecule has 0 aliphatic carbocycles. The second-order valence-corrected chi connectivity index (χ2v) is 5.44. The number of amides is 1. The highest BCUT2D eigenvalue weighted by atomic mass is 16.5. The Labute approximate surface area is 125 Å². The van der Waals surface area contributed by atoms with Gasteiger partial charge in [-0.3, -0.25) is 9.69 Å². The number of rotatable bonds is 5. The summed E-state index contributed by atoms with van der Waals surface area (Å²) in [7, 11) is 1.50. The maximum absolute atomic E-state index is 12.4. The van der Waals surface area contributed by atoms with Crippen molar-refractivity contribution in [3.05, 3.63) is 23.3 Å². The first-order valence-corrected chi connectivity index (χ1v) is 7.47. The number of ether oxygens (including phenoxy) is 1. The maximum Gasteiger partial charge on any atom is 0.258 e. The molecule has 1 atom stereocenters. The van der Waals surface area contributed by atoms with Gasteiger partial charge >= 0.3 is 0 Å². The Morgan fingerprint density at radius 2 is 2.29 bits per heavy atom. The molecular weight excluding hydrogens is 268 g/mol. The lowest BCUT2D eigenvalue weighted by Gasteiger charge is -2.23. The highest BCUT2D eigenvalue weighted by Crippen LogP contribution is 2.30. The number of nitrogens with one attached hydrogen (secondary N) is 1. The van der Waals surface area contributed by atoms with Gasteiger partial charge in [-0.15, -0.1) is 0 Å². The number of likely N-dealkylation sites (tertiary alicyclic amines) is 1. The van der Waals surface area contributed by atoms with E-state index in [0.717, 1.165) is 19.5 Å². The molecule has 5 heteroatoms. The summed E-state index contributed by atoms with van der Waals surface area (Å²) in [6.07, 6.45) is 2.28. The Morgan fingerprint density at radius 1 is 1.52 bits per heavy atom. The summed E-state index contributed by atoms with van der Waals surface area (Å²) in [5, 5.41) is 13.0. The molecule has 116 valence electrons. The number of nitrogens with zero attached hydrogens (tertiary/aromatic N) is 1. The maximum atomic E-state index is 12.4. The first kappa shape index (κ1) is 15.6. The third kappa shape index (κ3) is 3.29. The van der Waals surface area contributed by atoms with E-state index < -0.39 is 0 Å². The Morgan fingerprint density at radius 3 is 2.95 bits per heavy atom. The van der Waals surface area contributed by atoms with E-state index in [1.54, 1.807) is 19.1 Å². The van der Waals surface area contributed by atoms with Crippen molar-refractivity contribution >= 4 is 5.91 Å². The van der Waals surface area contributed by atoms with E-state index in [2.05, 4.69) is 17.1 Å². The van der Waals surface area contributed by atoms with Gasteiger partial charge < -0.3 is 15.2 Å². The second-order valence-electron chi connectivity index (χ2n) is 5.44. The minimum Gasteiger partial charge on any atom is -0.507 e. The van der Waals surface area contributed by atoms with Crippen molar-refractivity contribution in [2.24, 2.45) is 0 Å². The van der Waals surface area contributed by atoms with E-state index in [0.29, 0.717) is 23.9 Å². The van der Waals surface area contributed by atoms with Crippen LogP contribution in [0.5, 0.6) is 11.5 Å². The van der Waals surface area contributed by atoms with Gasteiger partial charge in [0.25, 0.3) is 5.91 Å². The smallest absolute Gasteiger partial charge is 0.258 e. The number of phenols is 1. The number of phenolic OH excluding ortho intramolecular Hbond substituents is 1. The number of carbonyl (C=O) groups is 1. The fraction of sp³-hybridized carbons (Fsp3) is 0.562. The molecule has 2 N–H and O–H groups in total. The monoisotopic (exact) mass is 292 g/mol. The van der Waals surface area contributed by atoms with Gasteiger partial charge in [0.2, 0.25) is 0 Å². The van der Waals surface area contributed by atoms with E-state index in [9.17, 15) is 9.90 Å². The van der Waals surface area contributed by atoms with E-state index in [-0.39, 0.29) is 17.2 Å². The predicted molar refractivity (Wildman–Crippen MR) is 82.0 cm³/mol. The van der Waals surface area contributed by atoms with Crippen LogP contribution in [0.3, 0.4) is 0 Å². The summed E-state index contributed by atoms with van der Waals surface area (Å²) in [4.78, 5) is 14.7. The molecular formula is C16H24N2O3. The second kappa shape index (κ2) is 6.80. The zero-order valence-corrected chi connectivity index (χ0v) is 13.0. The van der Waals surface area contributed by atoms with Gasteiger partial charge in [-0.1, -0.05) is 13.0 Å². The van der Waals surface area contributed by atoms with Gasteiger partial charge in [-0.25, -0.2) is 0 Å². The predicted octanol–water partition coefficient (Wildman–Crippen LogP) is 1.92. The van der Waals surface area contributed by atoms with Crippen LogP contribution in [0, 0.1) is 6.92 Å². The SMILES string of the molecule is CCN1CCC[C@H]1CNC(=O)c1c(OC)ccc(C)c1O. The Balaban J connectivity index is 2.08. The molecule has 1 heterocycles. The van der Waals surface area contributed by atoms with Crippen LogP contribution >= 0.6 is 0 Å². The summed E-state index contributed by atoms with van der Waals surface area (Å²) >= 11 is 0. The third-order valence-corrected chi connectivity index (χ3v) is 4.19. The molecule has 0 radical (unpaired) electrons. The standard InChI is InChI=1S/C16H24N2O3/c1-4-18-9-5-6-12(18)10-17-16(20)14-13(21-3)8-7-11(2)15(14)19/h7-8,12,19H,4-6,9-10H2,1-3H3,(H,17,20)/t12-/m0/s1. The van der Waals surface area contributed by atoms with Crippen molar-refractivity contribution in [2.75, 3.05) is 26.7 Å². The van der Waals surface area contributed by atoms with Crippen LogP contribution < -0.4 is 10.1 Å². The number of benzene rings is 1. The summed E-state index contributed by atoms with van der Waals surface area (Å²) < 4.78 is 5.19. The van der Waals surface area contributed by atoms with Crippen LogP contribution in [-0.4, -0.2) is 48.7 Å². The number of aromatic hydroxyl groups is 1. The van der Waals surface area contributed by atoms with Crippen LogP contribution in [0.1, 0.15) is 35.7 Å². The van der Waals surface area contributed by atoms with E-state index in [4.69, 9.17) is 4.74 Å². The average Bonchev–Trinajstić information content (AvgIpc) is 2.94. The number of likely N-dealkylation sites (N-methyl/N-ethyl adjacent to an activating group) is 1. The van der Waals surface area contributed by atoms with E-state index in [1.807, 2.05) is 0 Å². The summed E-state index contributed by atoms with van der Waals surface area (Å²) in [5.74, 6) is 0.107. The minimum absolute atomic E-state index is 0.00869. The fourth-order valence-electron chi connectivity index (χ4n) is 2.91. The number of carbonyl (C=O) groups excluding carboxylic acids is 1. The van der Waals surface area contributed by atoms with E-state index >= 15 is 0 Å². The summed E-state index contributed by atoms with van der Waals surface area (Å²) in [6, 6.07) is 3.83. The Bertz CT molecular complexity index is 516. The largest absolute Gasteiger partial charge is 0.507 e. The third-order valence-electron chi connectivity index (χ3n) is 4.19. The lowest BCUT2D eigenvalue weighted by atomic mass is 10.1. The molecule has 0 aromatic heterocycles. The number of aryl methyl sites for hydroxylation is 1. The van der Waals surface area contributed by atoms with Gasteiger partial charge in [-0.2, -0.15) is 0 Å². The molecule has 1 aliphatic heterocycles.